The third-order valence-electron chi connectivity index (χ3n) is 4.99. The predicted molar refractivity (Wildman–Crippen MR) is 105 cm³/mol. The Kier molecular flexibility index (Phi) is 9.37. The first-order valence-corrected chi connectivity index (χ1v) is 10.3. The van der Waals surface area contributed by atoms with Gasteiger partial charge in [-0.2, -0.15) is 0 Å². The second-order valence-electron chi connectivity index (χ2n) is 7.13. The summed E-state index contributed by atoms with van der Waals surface area (Å²) in [4.78, 5) is 10.5. The molecule has 2 unspecified atom stereocenters. The van der Waals surface area contributed by atoms with Crippen LogP contribution >= 0.6 is 11.6 Å². The van der Waals surface area contributed by atoms with Crippen LogP contribution in [-0.2, 0) is 4.79 Å². The third-order valence-corrected chi connectivity index (χ3v) is 5.30. The van der Waals surface area contributed by atoms with Crippen LogP contribution in [0.3, 0.4) is 0 Å². The molecule has 0 saturated carbocycles. The van der Waals surface area contributed by atoms with Crippen LogP contribution in [0, 0.1) is 0 Å². The molecule has 2 rings (SSSR count). The number of ether oxygens (including phenoxy) is 1. The lowest BCUT2D eigenvalue weighted by molar-refractivity contribution is -0.792. The van der Waals surface area contributed by atoms with Gasteiger partial charge < -0.3 is 15.1 Å². The van der Waals surface area contributed by atoms with Crippen molar-refractivity contribution in [3.05, 3.63) is 29.3 Å². The molecule has 28 heavy (non-hydrogen) atoms. The summed E-state index contributed by atoms with van der Waals surface area (Å²) in [5, 5.41) is 30.4. The molecule has 3 N–H and O–H groups in total. The van der Waals surface area contributed by atoms with Gasteiger partial charge in [0, 0.05) is 6.42 Å². The van der Waals surface area contributed by atoms with Gasteiger partial charge in [-0.1, -0.05) is 41.3 Å². The number of hydroxylamine groups is 3. The molecular formula is C20H30ClN2O5+. The molecule has 0 amide bonds. The molecule has 7 nitrogen and oxygen atoms in total. The number of unbranched alkanes of at least 4 members (excludes halogenated alkanes) is 4. The number of hydrogen-bond acceptors (Lipinski definition) is 5. The van der Waals surface area contributed by atoms with Crippen LogP contribution < -0.4 is 4.74 Å². The summed E-state index contributed by atoms with van der Waals surface area (Å²) >= 11 is 6.06. The number of aliphatic carboxylic acids is 1. The molecule has 0 spiro atoms. The zero-order valence-corrected chi connectivity index (χ0v) is 16.8. The van der Waals surface area contributed by atoms with Crippen LogP contribution in [0.2, 0.25) is 5.02 Å². The highest BCUT2D eigenvalue weighted by molar-refractivity contribution is 6.32. The van der Waals surface area contributed by atoms with E-state index in [0.29, 0.717) is 23.8 Å². The summed E-state index contributed by atoms with van der Waals surface area (Å²) in [5.74, 6) is -0.0918. The Bertz CT molecular complexity index is 655. The van der Waals surface area contributed by atoms with E-state index in [1.165, 1.54) is 6.34 Å². The minimum Gasteiger partial charge on any atom is -0.492 e. The van der Waals surface area contributed by atoms with Crippen LogP contribution in [-0.4, -0.2) is 56.3 Å². The molecule has 8 heteroatoms. The highest BCUT2D eigenvalue weighted by Crippen LogP contribution is 2.24. The first-order valence-electron chi connectivity index (χ1n) is 9.87. The van der Waals surface area contributed by atoms with Crippen molar-refractivity contribution in [2.75, 3.05) is 6.61 Å². The molecule has 156 valence electrons. The normalized spacial score (nSPS) is 18.9. The maximum absolute atomic E-state index is 10.5. The Balaban J connectivity index is 1.66. The zero-order chi connectivity index (χ0) is 20.4. The number of carbonyl (C=O) groups is 1. The van der Waals surface area contributed by atoms with Gasteiger partial charge in [0.05, 0.1) is 11.6 Å². The van der Waals surface area contributed by atoms with Crippen molar-refractivity contribution < 1.29 is 29.8 Å². The summed E-state index contributed by atoms with van der Waals surface area (Å²) in [6.07, 6.45) is 8.02. The SMILES string of the molecule is O=C(O)CCCCCCC1C(CCCCOc2ccccc2Cl)[N+](O)=CN1O. The first-order chi connectivity index (χ1) is 13.5. The first kappa shape index (κ1) is 22.3. The summed E-state index contributed by atoms with van der Waals surface area (Å²) in [6, 6.07) is 7.03. The zero-order valence-electron chi connectivity index (χ0n) is 16.0. The minimum absolute atomic E-state index is 0.158. The van der Waals surface area contributed by atoms with Crippen molar-refractivity contribution in [1.29, 1.82) is 0 Å². The fourth-order valence-electron chi connectivity index (χ4n) is 3.48. The van der Waals surface area contributed by atoms with E-state index in [9.17, 15) is 15.2 Å². The quantitative estimate of drug-likeness (QED) is 0.255. The summed E-state index contributed by atoms with van der Waals surface area (Å²) < 4.78 is 6.77. The number of rotatable bonds is 13. The molecule has 0 aliphatic carbocycles. The lowest BCUT2D eigenvalue weighted by Crippen LogP contribution is -2.36. The number of halogens is 1. The molecule has 0 aromatic heterocycles. The van der Waals surface area contributed by atoms with E-state index < -0.39 is 5.97 Å². The highest BCUT2D eigenvalue weighted by atomic mass is 35.5. The van der Waals surface area contributed by atoms with Crippen molar-refractivity contribution in [3.8, 4) is 5.75 Å². The highest BCUT2D eigenvalue weighted by Gasteiger charge is 2.41. The van der Waals surface area contributed by atoms with E-state index in [4.69, 9.17) is 21.4 Å². The van der Waals surface area contributed by atoms with Gasteiger partial charge in [0.25, 0.3) is 0 Å². The second-order valence-corrected chi connectivity index (χ2v) is 7.54. The molecule has 1 heterocycles. The number of benzene rings is 1. The van der Waals surface area contributed by atoms with E-state index >= 15 is 0 Å². The Morgan fingerprint density at radius 3 is 2.57 bits per heavy atom. The average molecular weight is 414 g/mol. The summed E-state index contributed by atoms with van der Waals surface area (Å²) in [7, 11) is 0. The number of carboxylic acids is 1. The Morgan fingerprint density at radius 2 is 1.82 bits per heavy atom. The maximum atomic E-state index is 10.5. The molecule has 0 bridgehead atoms. The number of hydrogen-bond donors (Lipinski definition) is 3. The maximum Gasteiger partial charge on any atom is 0.304 e. The van der Waals surface area contributed by atoms with Gasteiger partial charge in [0.1, 0.15) is 5.75 Å². The Hall–Kier alpha value is -1.99. The van der Waals surface area contributed by atoms with Crippen LogP contribution in [0.4, 0.5) is 0 Å². The van der Waals surface area contributed by atoms with Crippen molar-refractivity contribution in [1.82, 2.24) is 5.06 Å². The lowest BCUT2D eigenvalue weighted by Gasteiger charge is -2.17. The van der Waals surface area contributed by atoms with E-state index in [1.54, 1.807) is 6.07 Å². The number of carboxylic acid groups (broad SMARTS) is 1. The standard InChI is InChI=1S/C20H29ClN2O5/c21-16-9-5-6-12-19(16)28-14-8-7-11-18-17(22(26)15-23(18)27)10-3-1-2-4-13-20(24)25/h5-6,9,12,15,17-18H,1-4,7-8,10-11,13-14H2,(H2-,24,25,26,27)/p+1. The van der Waals surface area contributed by atoms with Crippen molar-refractivity contribution in [2.24, 2.45) is 0 Å². The predicted octanol–water partition coefficient (Wildman–Crippen LogP) is 4.19. The third kappa shape index (κ3) is 7.20. The van der Waals surface area contributed by atoms with Gasteiger partial charge >= 0.3 is 12.3 Å². The molecule has 1 aromatic rings. The van der Waals surface area contributed by atoms with Crippen LogP contribution in [0.1, 0.15) is 57.8 Å². The second kappa shape index (κ2) is 11.8. The number of para-hydroxylation sites is 1. The molecule has 1 aromatic carbocycles. The largest absolute Gasteiger partial charge is 0.492 e. The minimum atomic E-state index is -0.763. The van der Waals surface area contributed by atoms with Crippen molar-refractivity contribution >= 4 is 23.9 Å². The topological polar surface area (TPSA) is 93.2 Å². The van der Waals surface area contributed by atoms with E-state index in [0.717, 1.165) is 54.7 Å². The molecule has 1 aliphatic rings. The van der Waals surface area contributed by atoms with Crippen molar-refractivity contribution in [2.45, 2.75) is 69.9 Å². The molecule has 0 fully saturated rings. The monoisotopic (exact) mass is 413 g/mol. The van der Waals surface area contributed by atoms with Crippen LogP contribution in [0.15, 0.2) is 24.3 Å². The smallest absolute Gasteiger partial charge is 0.304 e. The molecule has 0 radical (unpaired) electrons. The average Bonchev–Trinajstić information content (AvgIpc) is 2.92. The molecule has 2 atom stereocenters. The Morgan fingerprint density at radius 1 is 1.11 bits per heavy atom. The fourth-order valence-corrected chi connectivity index (χ4v) is 3.67. The summed E-state index contributed by atoms with van der Waals surface area (Å²) in [6.45, 7) is 0.544. The number of nitrogens with zero attached hydrogens (tertiary/aromatic N) is 2. The summed E-state index contributed by atoms with van der Waals surface area (Å²) in [5.41, 5.74) is 0. The molecule has 0 saturated heterocycles. The lowest BCUT2D eigenvalue weighted by atomic mass is 9.97. The van der Waals surface area contributed by atoms with E-state index in [-0.39, 0.29) is 18.5 Å². The van der Waals surface area contributed by atoms with E-state index in [2.05, 4.69) is 0 Å². The molecule has 1 aliphatic heterocycles. The van der Waals surface area contributed by atoms with Gasteiger partial charge in [-0.05, 0) is 50.7 Å². The van der Waals surface area contributed by atoms with Gasteiger partial charge in [-0.15, -0.1) is 5.06 Å². The van der Waals surface area contributed by atoms with E-state index in [1.807, 2.05) is 18.2 Å². The van der Waals surface area contributed by atoms with Gasteiger partial charge in [0.15, 0.2) is 12.1 Å². The van der Waals surface area contributed by atoms with Crippen molar-refractivity contribution in [3.63, 3.8) is 0 Å². The molecular weight excluding hydrogens is 384 g/mol. The fraction of sp³-hybridized carbons (Fsp3) is 0.600. The van der Waals surface area contributed by atoms with Gasteiger partial charge in [0.2, 0.25) is 0 Å². The van der Waals surface area contributed by atoms with Gasteiger partial charge in [-0.3, -0.25) is 4.79 Å². The Labute approximate surface area is 170 Å². The van der Waals surface area contributed by atoms with Crippen LogP contribution in [0.25, 0.3) is 0 Å². The van der Waals surface area contributed by atoms with Gasteiger partial charge in [-0.25, -0.2) is 5.21 Å². The van der Waals surface area contributed by atoms with Crippen LogP contribution in [0.5, 0.6) is 5.75 Å².